The largest absolute Gasteiger partial charge is 0.152 e. The van der Waals surface area contributed by atoms with Gasteiger partial charge < -0.3 is 0 Å². The summed E-state index contributed by atoms with van der Waals surface area (Å²) in [6.07, 6.45) is 4.55. The van der Waals surface area contributed by atoms with Crippen molar-refractivity contribution in [2.45, 2.75) is 38.4 Å². The molecule has 60 valence electrons. The van der Waals surface area contributed by atoms with Crippen molar-refractivity contribution in [3.05, 3.63) is 12.7 Å². The lowest BCUT2D eigenvalue weighted by Crippen LogP contribution is -2.13. The minimum Gasteiger partial charge on any atom is -0.152 e. The van der Waals surface area contributed by atoms with E-state index in [0.29, 0.717) is 4.75 Å². The highest BCUT2D eigenvalue weighted by Crippen LogP contribution is 2.28. The Morgan fingerprint density at radius 2 is 2.10 bits per heavy atom. The minimum atomic E-state index is 0.447. The standard InChI is InChI=1S/C9H18S/c1-5-7-9(3,4)10-8-6-2/h6H,2,5,7-8H2,1,3-4H3. The molecule has 1 heteroatoms. The average molecular weight is 158 g/mol. The molecular formula is C9H18S. The van der Waals surface area contributed by atoms with Gasteiger partial charge in [-0.3, -0.25) is 0 Å². The molecule has 0 aromatic heterocycles. The fraction of sp³-hybridized carbons (Fsp3) is 0.778. The second-order valence-electron chi connectivity index (χ2n) is 3.11. The van der Waals surface area contributed by atoms with E-state index in [1.54, 1.807) is 0 Å². The summed E-state index contributed by atoms with van der Waals surface area (Å²) in [4.78, 5) is 0. The first kappa shape index (κ1) is 10.1. The third-order valence-electron chi connectivity index (χ3n) is 1.44. The molecule has 0 aliphatic heterocycles. The minimum absolute atomic E-state index is 0.447. The van der Waals surface area contributed by atoms with E-state index in [0.717, 1.165) is 5.75 Å². The SMILES string of the molecule is C=CCSC(C)(C)CCC. The van der Waals surface area contributed by atoms with E-state index >= 15 is 0 Å². The Balaban J connectivity index is 3.51. The zero-order valence-corrected chi connectivity index (χ0v) is 8.13. The van der Waals surface area contributed by atoms with E-state index in [4.69, 9.17) is 0 Å². The van der Waals surface area contributed by atoms with Crippen LogP contribution in [0.2, 0.25) is 0 Å². The fourth-order valence-corrected chi connectivity index (χ4v) is 1.88. The maximum Gasteiger partial charge on any atom is 0.0116 e. The number of hydrogen-bond donors (Lipinski definition) is 0. The average Bonchev–Trinajstić information content (AvgIpc) is 1.84. The summed E-state index contributed by atoms with van der Waals surface area (Å²) >= 11 is 1.99. The Morgan fingerprint density at radius 1 is 1.50 bits per heavy atom. The van der Waals surface area contributed by atoms with Gasteiger partial charge in [-0.1, -0.05) is 33.3 Å². The molecule has 0 radical (unpaired) electrons. The molecule has 0 rings (SSSR count). The Labute approximate surface area is 69.1 Å². The summed E-state index contributed by atoms with van der Waals surface area (Å²) in [5.74, 6) is 1.08. The van der Waals surface area contributed by atoms with E-state index in [1.807, 2.05) is 17.8 Å². The highest BCUT2D eigenvalue weighted by molar-refractivity contribution is 8.00. The van der Waals surface area contributed by atoms with Gasteiger partial charge in [0.05, 0.1) is 0 Å². The highest BCUT2D eigenvalue weighted by Gasteiger charge is 2.15. The molecule has 0 aliphatic rings. The van der Waals surface area contributed by atoms with Gasteiger partial charge in [0, 0.05) is 10.5 Å². The third kappa shape index (κ3) is 4.92. The first-order chi connectivity index (χ1) is 4.62. The van der Waals surface area contributed by atoms with Gasteiger partial charge in [-0.15, -0.1) is 6.58 Å². The van der Waals surface area contributed by atoms with Gasteiger partial charge in [-0.05, 0) is 6.42 Å². The van der Waals surface area contributed by atoms with Crippen LogP contribution in [0.25, 0.3) is 0 Å². The van der Waals surface area contributed by atoms with E-state index in [9.17, 15) is 0 Å². The Kier molecular flexibility index (Phi) is 4.88. The van der Waals surface area contributed by atoms with Crippen molar-refractivity contribution in [3.8, 4) is 0 Å². The maximum atomic E-state index is 3.70. The molecule has 0 spiro atoms. The lowest BCUT2D eigenvalue weighted by atomic mass is 10.1. The van der Waals surface area contributed by atoms with Crippen LogP contribution >= 0.6 is 11.8 Å². The first-order valence-corrected chi connectivity index (χ1v) is 4.86. The molecule has 0 saturated heterocycles. The fourth-order valence-electron chi connectivity index (χ4n) is 0.959. The van der Waals surface area contributed by atoms with Crippen molar-refractivity contribution in [2.75, 3.05) is 5.75 Å². The van der Waals surface area contributed by atoms with E-state index in [2.05, 4.69) is 27.4 Å². The van der Waals surface area contributed by atoms with Crippen LogP contribution < -0.4 is 0 Å². The Bertz CT molecular complexity index is 94.9. The molecular weight excluding hydrogens is 140 g/mol. The summed E-state index contributed by atoms with van der Waals surface area (Å²) in [5.41, 5.74) is 0. The van der Waals surface area contributed by atoms with Crippen LogP contribution in [0.4, 0.5) is 0 Å². The number of thioether (sulfide) groups is 1. The zero-order chi connectivity index (χ0) is 8.04. The lowest BCUT2D eigenvalue weighted by Gasteiger charge is -2.22. The predicted molar refractivity (Wildman–Crippen MR) is 51.6 cm³/mol. The van der Waals surface area contributed by atoms with Crippen molar-refractivity contribution in [1.29, 1.82) is 0 Å². The first-order valence-electron chi connectivity index (χ1n) is 3.87. The maximum absolute atomic E-state index is 3.70. The molecule has 0 saturated carbocycles. The summed E-state index contributed by atoms with van der Waals surface area (Å²) in [7, 11) is 0. The molecule has 0 N–H and O–H groups in total. The van der Waals surface area contributed by atoms with Crippen LogP contribution in [0.1, 0.15) is 33.6 Å². The summed E-state index contributed by atoms with van der Waals surface area (Å²) in [5, 5.41) is 0. The Hall–Kier alpha value is 0.0900. The molecule has 0 atom stereocenters. The molecule has 0 aromatic carbocycles. The van der Waals surface area contributed by atoms with Gasteiger partial charge in [0.25, 0.3) is 0 Å². The number of rotatable bonds is 5. The van der Waals surface area contributed by atoms with Crippen molar-refractivity contribution < 1.29 is 0 Å². The summed E-state index contributed by atoms with van der Waals surface area (Å²) in [6, 6.07) is 0. The predicted octanol–water partition coefficient (Wildman–Crippen LogP) is 3.48. The van der Waals surface area contributed by atoms with Crippen LogP contribution in [-0.2, 0) is 0 Å². The quantitative estimate of drug-likeness (QED) is 0.552. The van der Waals surface area contributed by atoms with Gasteiger partial charge in [-0.2, -0.15) is 11.8 Å². The summed E-state index contributed by atoms with van der Waals surface area (Å²) < 4.78 is 0.447. The van der Waals surface area contributed by atoms with Crippen LogP contribution in [-0.4, -0.2) is 10.5 Å². The molecule has 0 nitrogen and oxygen atoms in total. The molecule has 0 aromatic rings. The van der Waals surface area contributed by atoms with Crippen LogP contribution in [0.15, 0.2) is 12.7 Å². The van der Waals surface area contributed by atoms with Gasteiger partial charge in [0.1, 0.15) is 0 Å². The monoisotopic (exact) mass is 158 g/mol. The van der Waals surface area contributed by atoms with Crippen molar-refractivity contribution >= 4 is 11.8 Å². The number of hydrogen-bond acceptors (Lipinski definition) is 1. The highest BCUT2D eigenvalue weighted by atomic mass is 32.2. The molecule has 0 amide bonds. The van der Waals surface area contributed by atoms with Crippen molar-refractivity contribution in [2.24, 2.45) is 0 Å². The molecule has 0 unspecified atom stereocenters. The van der Waals surface area contributed by atoms with Crippen LogP contribution in [0, 0.1) is 0 Å². The molecule has 0 fully saturated rings. The Morgan fingerprint density at radius 3 is 2.50 bits per heavy atom. The van der Waals surface area contributed by atoms with Gasteiger partial charge in [0.2, 0.25) is 0 Å². The molecule has 0 heterocycles. The lowest BCUT2D eigenvalue weighted by molar-refractivity contribution is 0.627. The van der Waals surface area contributed by atoms with Crippen LogP contribution in [0.5, 0.6) is 0 Å². The molecule has 0 aliphatic carbocycles. The second kappa shape index (κ2) is 4.84. The van der Waals surface area contributed by atoms with Gasteiger partial charge in [-0.25, -0.2) is 0 Å². The van der Waals surface area contributed by atoms with Crippen LogP contribution in [0.3, 0.4) is 0 Å². The normalized spacial score (nSPS) is 11.5. The van der Waals surface area contributed by atoms with Crippen molar-refractivity contribution in [1.82, 2.24) is 0 Å². The zero-order valence-electron chi connectivity index (χ0n) is 7.31. The van der Waals surface area contributed by atoms with E-state index in [-0.39, 0.29) is 0 Å². The molecule has 10 heavy (non-hydrogen) atoms. The topological polar surface area (TPSA) is 0 Å². The van der Waals surface area contributed by atoms with Gasteiger partial charge in [0.15, 0.2) is 0 Å². The smallest absolute Gasteiger partial charge is 0.0116 e. The van der Waals surface area contributed by atoms with Crippen molar-refractivity contribution in [3.63, 3.8) is 0 Å². The summed E-state index contributed by atoms with van der Waals surface area (Å²) in [6.45, 7) is 10.5. The second-order valence-corrected chi connectivity index (χ2v) is 4.84. The van der Waals surface area contributed by atoms with E-state index < -0.39 is 0 Å². The van der Waals surface area contributed by atoms with Gasteiger partial charge >= 0.3 is 0 Å². The molecule has 0 bridgehead atoms. The van der Waals surface area contributed by atoms with E-state index in [1.165, 1.54) is 12.8 Å². The third-order valence-corrected chi connectivity index (χ3v) is 2.83.